The molecule has 1 nitrogen and oxygen atoms in total. The summed E-state index contributed by atoms with van der Waals surface area (Å²) in [5.74, 6) is 0.589. The van der Waals surface area contributed by atoms with E-state index in [2.05, 4.69) is 12.2 Å². The van der Waals surface area contributed by atoms with Gasteiger partial charge < -0.3 is 5.32 Å². The largest absolute Gasteiger partial charge is 0.416 e. The van der Waals surface area contributed by atoms with Crippen LogP contribution in [0.5, 0.6) is 0 Å². The van der Waals surface area contributed by atoms with Crippen molar-refractivity contribution < 1.29 is 13.2 Å². The van der Waals surface area contributed by atoms with Gasteiger partial charge in [-0.05, 0) is 24.1 Å². The maximum atomic E-state index is 12.5. The molecule has 0 aromatic heterocycles. The van der Waals surface area contributed by atoms with Crippen LogP contribution in [0.3, 0.4) is 0 Å². The minimum absolute atomic E-state index is 0.197. The summed E-state index contributed by atoms with van der Waals surface area (Å²) in [5, 5.41) is 3.20. The molecule has 2 atom stereocenters. The Hall–Kier alpha value is -1.03. The third-order valence-electron chi connectivity index (χ3n) is 3.16. The van der Waals surface area contributed by atoms with Crippen LogP contribution in [-0.2, 0) is 6.18 Å². The normalized spacial score (nSPS) is 26.0. The van der Waals surface area contributed by atoms with Crippen LogP contribution in [0.1, 0.15) is 24.0 Å². The average molecular weight is 229 g/mol. The van der Waals surface area contributed by atoms with Crippen LogP contribution in [0.2, 0.25) is 0 Å². The van der Waals surface area contributed by atoms with Gasteiger partial charge in [-0.15, -0.1) is 0 Å². The van der Waals surface area contributed by atoms with Crippen molar-refractivity contribution >= 4 is 0 Å². The Balaban J connectivity index is 2.29. The molecule has 1 saturated heterocycles. The quantitative estimate of drug-likeness (QED) is 0.780. The number of hydrogen-bond acceptors (Lipinski definition) is 1. The van der Waals surface area contributed by atoms with Gasteiger partial charge in [-0.1, -0.05) is 25.1 Å². The van der Waals surface area contributed by atoms with Crippen LogP contribution in [-0.4, -0.2) is 13.1 Å². The van der Waals surface area contributed by atoms with Crippen molar-refractivity contribution in [1.82, 2.24) is 5.32 Å². The Morgan fingerprint density at radius 1 is 1.25 bits per heavy atom. The Labute approximate surface area is 92.7 Å². The maximum absolute atomic E-state index is 12.5. The Morgan fingerprint density at radius 3 is 2.56 bits per heavy atom. The van der Waals surface area contributed by atoms with Crippen molar-refractivity contribution in [3.05, 3.63) is 35.4 Å². The van der Waals surface area contributed by atoms with Crippen LogP contribution in [0.25, 0.3) is 0 Å². The van der Waals surface area contributed by atoms with E-state index in [4.69, 9.17) is 0 Å². The number of rotatable bonds is 1. The first-order valence-corrected chi connectivity index (χ1v) is 5.36. The summed E-state index contributed by atoms with van der Waals surface area (Å²) in [4.78, 5) is 0. The van der Waals surface area contributed by atoms with E-state index in [0.29, 0.717) is 5.92 Å². The smallest absolute Gasteiger partial charge is 0.316 e. The maximum Gasteiger partial charge on any atom is 0.416 e. The molecule has 2 rings (SSSR count). The zero-order valence-corrected chi connectivity index (χ0v) is 9.01. The van der Waals surface area contributed by atoms with E-state index in [0.717, 1.165) is 24.7 Å². The predicted octanol–water partition coefficient (Wildman–Crippen LogP) is 3.03. The molecule has 1 aromatic rings. The molecule has 1 fully saturated rings. The van der Waals surface area contributed by atoms with E-state index in [1.807, 2.05) is 0 Å². The van der Waals surface area contributed by atoms with Gasteiger partial charge in [0.1, 0.15) is 0 Å². The molecule has 1 aliphatic rings. The molecular formula is C12H14F3N. The second kappa shape index (κ2) is 4.09. The van der Waals surface area contributed by atoms with Gasteiger partial charge in [0.15, 0.2) is 0 Å². The van der Waals surface area contributed by atoms with Gasteiger partial charge in [-0.3, -0.25) is 0 Å². The first-order chi connectivity index (χ1) is 7.48. The molecule has 0 amide bonds. The van der Waals surface area contributed by atoms with Crippen LogP contribution in [0.15, 0.2) is 24.3 Å². The number of benzene rings is 1. The van der Waals surface area contributed by atoms with Crippen LogP contribution in [0, 0.1) is 5.92 Å². The topological polar surface area (TPSA) is 12.0 Å². The Kier molecular flexibility index (Phi) is 2.93. The molecule has 16 heavy (non-hydrogen) atoms. The van der Waals surface area contributed by atoms with Crippen LogP contribution < -0.4 is 5.32 Å². The molecule has 4 heteroatoms. The minimum atomic E-state index is -4.24. The van der Waals surface area contributed by atoms with Crippen molar-refractivity contribution in [2.24, 2.45) is 5.92 Å². The monoisotopic (exact) mass is 229 g/mol. The van der Waals surface area contributed by atoms with E-state index in [1.165, 1.54) is 12.1 Å². The number of nitrogens with one attached hydrogen (secondary N) is 1. The zero-order valence-electron chi connectivity index (χ0n) is 9.01. The zero-order chi connectivity index (χ0) is 11.8. The molecule has 1 aliphatic heterocycles. The minimum Gasteiger partial charge on any atom is -0.316 e. The first-order valence-electron chi connectivity index (χ1n) is 5.36. The number of hydrogen-bond donors (Lipinski definition) is 1. The standard InChI is InChI=1S/C12H14F3N/c1-8-6-16-7-11(8)9-3-2-4-10(5-9)12(13,14)15/h2-5,8,11,16H,6-7H2,1H3. The van der Waals surface area contributed by atoms with Gasteiger partial charge >= 0.3 is 6.18 Å². The van der Waals surface area contributed by atoms with E-state index < -0.39 is 11.7 Å². The third-order valence-corrected chi connectivity index (χ3v) is 3.16. The highest BCUT2D eigenvalue weighted by Crippen LogP contribution is 2.33. The van der Waals surface area contributed by atoms with Crippen molar-refractivity contribution in [3.63, 3.8) is 0 Å². The van der Waals surface area contributed by atoms with Crippen molar-refractivity contribution in [2.75, 3.05) is 13.1 Å². The molecule has 88 valence electrons. The summed E-state index contributed by atoms with van der Waals surface area (Å²) in [5.41, 5.74) is 0.233. The fourth-order valence-electron chi connectivity index (χ4n) is 2.20. The van der Waals surface area contributed by atoms with E-state index in [9.17, 15) is 13.2 Å². The Morgan fingerprint density at radius 2 is 2.00 bits per heavy atom. The van der Waals surface area contributed by atoms with Gasteiger partial charge in [0, 0.05) is 12.5 Å². The molecule has 0 radical (unpaired) electrons. The van der Waals surface area contributed by atoms with Crippen molar-refractivity contribution in [2.45, 2.75) is 19.0 Å². The van der Waals surface area contributed by atoms with E-state index in [1.54, 1.807) is 6.07 Å². The molecule has 2 unspecified atom stereocenters. The first kappa shape index (κ1) is 11.5. The highest BCUT2D eigenvalue weighted by atomic mass is 19.4. The molecular weight excluding hydrogens is 215 g/mol. The molecule has 1 N–H and O–H groups in total. The number of alkyl halides is 3. The SMILES string of the molecule is CC1CNCC1c1cccc(C(F)(F)F)c1. The van der Waals surface area contributed by atoms with E-state index >= 15 is 0 Å². The fraction of sp³-hybridized carbons (Fsp3) is 0.500. The van der Waals surface area contributed by atoms with Gasteiger partial charge in [0.2, 0.25) is 0 Å². The lowest BCUT2D eigenvalue weighted by molar-refractivity contribution is -0.137. The lowest BCUT2D eigenvalue weighted by Crippen LogP contribution is -2.10. The third kappa shape index (κ3) is 2.21. The second-order valence-electron chi connectivity index (χ2n) is 4.37. The lowest BCUT2D eigenvalue weighted by atomic mass is 9.89. The van der Waals surface area contributed by atoms with Gasteiger partial charge in [0.05, 0.1) is 5.56 Å². The molecule has 1 heterocycles. The summed E-state index contributed by atoms with van der Waals surface area (Å²) in [6, 6.07) is 5.66. The summed E-state index contributed by atoms with van der Waals surface area (Å²) < 4.78 is 37.6. The molecule has 0 spiro atoms. The van der Waals surface area contributed by atoms with Gasteiger partial charge in [-0.25, -0.2) is 0 Å². The molecule has 1 aromatic carbocycles. The summed E-state index contributed by atoms with van der Waals surface area (Å²) in [6.45, 7) is 3.70. The highest BCUT2D eigenvalue weighted by molar-refractivity contribution is 5.29. The number of halogens is 3. The Bertz CT molecular complexity index is 373. The molecule has 0 saturated carbocycles. The van der Waals surface area contributed by atoms with Gasteiger partial charge in [0.25, 0.3) is 0 Å². The van der Waals surface area contributed by atoms with Crippen molar-refractivity contribution in [3.8, 4) is 0 Å². The molecule has 0 bridgehead atoms. The highest BCUT2D eigenvalue weighted by Gasteiger charge is 2.32. The average Bonchev–Trinajstić information content (AvgIpc) is 2.63. The molecule has 0 aliphatic carbocycles. The van der Waals surface area contributed by atoms with Gasteiger partial charge in [-0.2, -0.15) is 13.2 Å². The summed E-state index contributed by atoms with van der Waals surface area (Å²) >= 11 is 0. The van der Waals surface area contributed by atoms with Crippen molar-refractivity contribution in [1.29, 1.82) is 0 Å². The lowest BCUT2D eigenvalue weighted by Gasteiger charge is -2.16. The van der Waals surface area contributed by atoms with E-state index in [-0.39, 0.29) is 5.92 Å². The second-order valence-corrected chi connectivity index (χ2v) is 4.37. The summed E-state index contributed by atoms with van der Waals surface area (Å²) in [7, 11) is 0. The fourth-order valence-corrected chi connectivity index (χ4v) is 2.20. The van der Waals surface area contributed by atoms with Crippen LogP contribution in [0.4, 0.5) is 13.2 Å². The summed E-state index contributed by atoms with van der Waals surface area (Å²) in [6.07, 6.45) is -4.24. The van der Waals surface area contributed by atoms with Crippen LogP contribution >= 0.6 is 0 Å². The predicted molar refractivity (Wildman–Crippen MR) is 56.2 cm³/mol.